The van der Waals surface area contributed by atoms with Gasteiger partial charge in [-0.1, -0.05) is 30.3 Å². The van der Waals surface area contributed by atoms with E-state index in [-0.39, 0.29) is 5.91 Å². The Morgan fingerprint density at radius 2 is 1.95 bits per heavy atom. The van der Waals surface area contributed by atoms with Gasteiger partial charge in [-0.2, -0.15) is 0 Å². The van der Waals surface area contributed by atoms with Gasteiger partial charge in [0, 0.05) is 6.04 Å². The fourth-order valence-electron chi connectivity index (χ4n) is 2.52. The summed E-state index contributed by atoms with van der Waals surface area (Å²) >= 11 is 0. The number of hydrogen-bond acceptors (Lipinski definition) is 2. The minimum absolute atomic E-state index is 0.130. The molecule has 1 aromatic carbocycles. The van der Waals surface area contributed by atoms with E-state index in [1.165, 1.54) is 0 Å². The fourth-order valence-corrected chi connectivity index (χ4v) is 2.52. The van der Waals surface area contributed by atoms with Crippen molar-refractivity contribution in [1.29, 1.82) is 0 Å². The van der Waals surface area contributed by atoms with Crippen molar-refractivity contribution in [3.05, 3.63) is 35.9 Å². The molecule has 2 rings (SSSR count). The quantitative estimate of drug-likeness (QED) is 0.875. The van der Waals surface area contributed by atoms with Crippen LogP contribution in [0.4, 0.5) is 0 Å². The third-order valence-corrected chi connectivity index (χ3v) is 3.97. The molecule has 1 aromatic rings. The Hall–Kier alpha value is -1.35. The summed E-state index contributed by atoms with van der Waals surface area (Å²) in [4.78, 5) is 12.5. The maximum absolute atomic E-state index is 12.5. The van der Waals surface area contributed by atoms with Crippen LogP contribution in [-0.2, 0) is 10.2 Å². The van der Waals surface area contributed by atoms with Gasteiger partial charge in [-0.3, -0.25) is 4.79 Å². The van der Waals surface area contributed by atoms with Crippen molar-refractivity contribution >= 4 is 5.91 Å². The Morgan fingerprint density at radius 1 is 1.21 bits per heavy atom. The average molecular weight is 260 g/mol. The van der Waals surface area contributed by atoms with Gasteiger partial charge >= 0.3 is 0 Å². The molecule has 0 saturated carbocycles. The molecule has 0 bridgehead atoms. The van der Waals surface area contributed by atoms with Gasteiger partial charge in [-0.15, -0.1) is 0 Å². The largest absolute Gasteiger partial charge is 0.353 e. The second-order valence-corrected chi connectivity index (χ2v) is 5.84. The summed E-state index contributed by atoms with van der Waals surface area (Å²) in [7, 11) is 0. The fraction of sp³-hybridized carbons (Fsp3) is 0.562. The molecular weight excluding hydrogens is 236 g/mol. The molecule has 0 aliphatic carbocycles. The summed E-state index contributed by atoms with van der Waals surface area (Å²) in [5.41, 5.74) is 0.598. The van der Waals surface area contributed by atoms with Gasteiger partial charge in [0.25, 0.3) is 0 Å². The number of hydrogen-bond donors (Lipinski definition) is 2. The minimum Gasteiger partial charge on any atom is -0.353 e. The molecule has 104 valence electrons. The molecule has 0 radical (unpaired) electrons. The molecule has 19 heavy (non-hydrogen) atoms. The highest BCUT2D eigenvalue weighted by atomic mass is 16.2. The van der Waals surface area contributed by atoms with Crippen LogP contribution in [0.1, 0.15) is 38.7 Å². The van der Waals surface area contributed by atoms with Gasteiger partial charge in [-0.05, 0) is 51.8 Å². The van der Waals surface area contributed by atoms with E-state index < -0.39 is 5.41 Å². The number of carbonyl (C=O) groups is 1. The molecule has 2 N–H and O–H groups in total. The second kappa shape index (κ2) is 6.20. The van der Waals surface area contributed by atoms with E-state index in [2.05, 4.69) is 10.6 Å². The van der Waals surface area contributed by atoms with Gasteiger partial charge in [0.1, 0.15) is 0 Å². The molecule has 1 atom stereocenters. The molecule has 1 amide bonds. The normalized spacial score (nSPS) is 20.6. The smallest absolute Gasteiger partial charge is 0.230 e. The van der Waals surface area contributed by atoms with Crippen molar-refractivity contribution in [3.63, 3.8) is 0 Å². The standard InChI is InChI=1S/C16H24N2O/c1-16(2,13-7-4-3-5-8-13)15(19)18-14-9-6-11-17-12-10-14/h3-5,7-8,14,17H,6,9-12H2,1-2H3,(H,18,19). The van der Waals surface area contributed by atoms with Crippen molar-refractivity contribution in [2.24, 2.45) is 0 Å². The topological polar surface area (TPSA) is 41.1 Å². The van der Waals surface area contributed by atoms with Crippen molar-refractivity contribution in [2.75, 3.05) is 13.1 Å². The predicted molar refractivity (Wildman–Crippen MR) is 78.1 cm³/mol. The summed E-state index contributed by atoms with van der Waals surface area (Å²) in [5.74, 6) is 0.130. The predicted octanol–water partition coefficient (Wildman–Crippen LogP) is 2.22. The molecule has 1 aliphatic rings. The molecule has 3 nitrogen and oxygen atoms in total. The summed E-state index contributed by atoms with van der Waals surface area (Å²) in [6, 6.07) is 10.3. The first-order chi connectivity index (χ1) is 9.10. The summed E-state index contributed by atoms with van der Waals surface area (Å²) < 4.78 is 0. The van der Waals surface area contributed by atoms with Gasteiger partial charge in [0.2, 0.25) is 5.91 Å². The first-order valence-corrected chi connectivity index (χ1v) is 7.18. The van der Waals surface area contributed by atoms with E-state index in [1.807, 2.05) is 44.2 Å². The molecule has 1 aliphatic heterocycles. The Bertz CT molecular complexity index is 406. The Kier molecular flexibility index (Phi) is 4.59. The zero-order chi connectivity index (χ0) is 13.7. The Labute approximate surface area is 115 Å². The highest BCUT2D eigenvalue weighted by molar-refractivity contribution is 5.87. The first-order valence-electron chi connectivity index (χ1n) is 7.18. The van der Waals surface area contributed by atoms with E-state index in [9.17, 15) is 4.79 Å². The zero-order valence-electron chi connectivity index (χ0n) is 11.9. The Morgan fingerprint density at radius 3 is 2.68 bits per heavy atom. The van der Waals surface area contributed by atoms with Crippen LogP contribution >= 0.6 is 0 Å². The monoisotopic (exact) mass is 260 g/mol. The number of amides is 1. The van der Waals surface area contributed by atoms with Crippen LogP contribution in [0.15, 0.2) is 30.3 Å². The van der Waals surface area contributed by atoms with Gasteiger partial charge in [0.05, 0.1) is 5.41 Å². The summed E-state index contributed by atoms with van der Waals surface area (Å²) in [5, 5.41) is 6.59. The number of nitrogens with one attached hydrogen (secondary N) is 2. The molecule has 0 spiro atoms. The summed E-state index contributed by atoms with van der Waals surface area (Å²) in [6.45, 7) is 6.05. The van der Waals surface area contributed by atoms with Crippen LogP contribution in [0.25, 0.3) is 0 Å². The van der Waals surface area contributed by atoms with Crippen LogP contribution in [0.3, 0.4) is 0 Å². The van der Waals surface area contributed by atoms with Crippen molar-refractivity contribution in [2.45, 2.75) is 44.6 Å². The van der Waals surface area contributed by atoms with Crippen LogP contribution in [-0.4, -0.2) is 25.0 Å². The van der Waals surface area contributed by atoms with Crippen LogP contribution in [0.5, 0.6) is 0 Å². The Balaban J connectivity index is 2.02. The molecule has 1 saturated heterocycles. The molecular formula is C16H24N2O. The molecule has 0 aromatic heterocycles. The van der Waals surface area contributed by atoms with E-state index in [0.717, 1.165) is 37.9 Å². The van der Waals surface area contributed by atoms with Crippen LogP contribution in [0, 0.1) is 0 Å². The summed E-state index contributed by atoms with van der Waals surface area (Å²) in [6.07, 6.45) is 3.23. The third kappa shape index (κ3) is 3.57. The van der Waals surface area contributed by atoms with Gasteiger partial charge in [-0.25, -0.2) is 0 Å². The van der Waals surface area contributed by atoms with E-state index in [0.29, 0.717) is 6.04 Å². The number of benzene rings is 1. The van der Waals surface area contributed by atoms with Gasteiger partial charge < -0.3 is 10.6 Å². The third-order valence-electron chi connectivity index (χ3n) is 3.97. The van der Waals surface area contributed by atoms with Crippen molar-refractivity contribution in [3.8, 4) is 0 Å². The van der Waals surface area contributed by atoms with E-state index in [1.54, 1.807) is 0 Å². The van der Waals surface area contributed by atoms with Crippen molar-refractivity contribution in [1.82, 2.24) is 10.6 Å². The zero-order valence-corrected chi connectivity index (χ0v) is 11.9. The van der Waals surface area contributed by atoms with Crippen LogP contribution in [0.2, 0.25) is 0 Å². The first kappa shape index (κ1) is 14.1. The lowest BCUT2D eigenvalue weighted by atomic mass is 9.83. The highest BCUT2D eigenvalue weighted by Gasteiger charge is 2.31. The lowest BCUT2D eigenvalue weighted by Gasteiger charge is -2.27. The maximum Gasteiger partial charge on any atom is 0.230 e. The second-order valence-electron chi connectivity index (χ2n) is 5.84. The number of carbonyl (C=O) groups excluding carboxylic acids is 1. The average Bonchev–Trinajstić information content (AvgIpc) is 2.68. The maximum atomic E-state index is 12.5. The molecule has 1 fully saturated rings. The SMILES string of the molecule is CC(C)(C(=O)NC1CCCNCC1)c1ccccc1. The molecule has 3 heteroatoms. The van der Waals surface area contributed by atoms with E-state index in [4.69, 9.17) is 0 Å². The minimum atomic E-state index is -0.471. The van der Waals surface area contributed by atoms with Crippen molar-refractivity contribution < 1.29 is 4.79 Å². The highest BCUT2D eigenvalue weighted by Crippen LogP contribution is 2.23. The lowest BCUT2D eigenvalue weighted by Crippen LogP contribution is -2.45. The molecule has 1 unspecified atom stereocenters. The van der Waals surface area contributed by atoms with E-state index >= 15 is 0 Å². The van der Waals surface area contributed by atoms with Gasteiger partial charge in [0.15, 0.2) is 0 Å². The number of rotatable bonds is 3. The lowest BCUT2D eigenvalue weighted by molar-refractivity contribution is -0.126. The molecule has 1 heterocycles. The van der Waals surface area contributed by atoms with Crippen LogP contribution < -0.4 is 10.6 Å².